The molecule has 0 aliphatic rings. The average Bonchev–Trinajstić information content (AvgIpc) is 2.83. The standard InChI is InChI=1S/C11H9N5O4S/c12-6-2-1-3-7(4-6)21(19,20)16-5-13-8-9(16)14-11(18)15-10(8)17/h1-5H,12H2,(H2,14,15,17,18). The predicted octanol–water partition coefficient (Wildman–Crippen LogP) is -0.768. The molecule has 4 N–H and O–H groups in total. The third-order valence-corrected chi connectivity index (χ3v) is 4.47. The van der Waals surface area contributed by atoms with Crippen LogP contribution >= 0.6 is 0 Å². The largest absolute Gasteiger partial charge is 0.399 e. The molecule has 0 aliphatic heterocycles. The van der Waals surface area contributed by atoms with Gasteiger partial charge in [-0.1, -0.05) is 6.07 Å². The summed E-state index contributed by atoms with van der Waals surface area (Å²) >= 11 is 0. The maximum Gasteiger partial charge on any atom is 0.327 e. The first-order chi connectivity index (χ1) is 9.89. The summed E-state index contributed by atoms with van der Waals surface area (Å²) in [6.45, 7) is 0. The molecule has 0 aliphatic carbocycles. The smallest absolute Gasteiger partial charge is 0.327 e. The number of nitrogens with one attached hydrogen (secondary N) is 2. The number of hydrogen-bond acceptors (Lipinski definition) is 6. The van der Waals surface area contributed by atoms with Crippen molar-refractivity contribution in [2.24, 2.45) is 0 Å². The Kier molecular flexibility index (Phi) is 2.69. The van der Waals surface area contributed by atoms with Crippen LogP contribution in [0.2, 0.25) is 0 Å². The number of fused-ring (bicyclic) bond motifs is 1. The minimum Gasteiger partial charge on any atom is -0.399 e. The molecule has 1 aromatic carbocycles. The Morgan fingerprint density at radius 2 is 1.95 bits per heavy atom. The van der Waals surface area contributed by atoms with Gasteiger partial charge in [-0.3, -0.25) is 14.8 Å². The Morgan fingerprint density at radius 1 is 1.19 bits per heavy atom. The maximum absolute atomic E-state index is 12.5. The van der Waals surface area contributed by atoms with Gasteiger partial charge in [-0.15, -0.1) is 0 Å². The minimum atomic E-state index is -4.03. The van der Waals surface area contributed by atoms with Gasteiger partial charge >= 0.3 is 5.69 Å². The molecule has 0 unspecified atom stereocenters. The van der Waals surface area contributed by atoms with Crippen molar-refractivity contribution >= 4 is 26.9 Å². The van der Waals surface area contributed by atoms with Gasteiger partial charge in [0.25, 0.3) is 15.6 Å². The SMILES string of the molecule is Nc1cccc(S(=O)(=O)n2cnc3c(=O)[nH]c(=O)[nH]c32)c1. The number of imidazole rings is 1. The van der Waals surface area contributed by atoms with Crippen LogP contribution in [0.3, 0.4) is 0 Å². The van der Waals surface area contributed by atoms with Crippen LogP contribution in [0.15, 0.2) is 45.1 Å². The van der Waals surface area contributed by atoms with Crippen LogP contribution in [-0.2, 0) is 10.0 Å². The second-order valence-corrected chi connectivity index (χ2v) is 6.04. The van der Waals surface area contributed by atoms with E-state index in [-0.39, 0.29) is 21.7 Å². The van der Waals surface area contributed by atoms with Crippen LogP contribution in [0.1, 0.15) is 0 Å². The molecule has 108 valence electrons. The van der Waals surface area contributed by atoms with Gasteiger partial charge in [0, 0.05) is 5.69 Å². The molecule has 21 heavy (non-hydrogen) atoms. The highest BCUT2D eigenvalue weighted by molar-refractivity contribution is 7.90. The zero-order valence-electron chi connectivity index (χ0n) is 10.4. The van der Waals surface area contributed by atoms with E-state index in [0.29, 0.717) is 0 Å². The molecule has 0 amide bonds. The molecule has 2 heterocycles. The molecular formula is C11H9N5O4S. The average molecular weight is 307 g/mol. The van der Waals surface area contributed by atoms with Gasteiger partial charge in [0.2, 0.25) is 0 Å². The fourth-order valence-corrected chi connectivity index (χ4v) is 3.19. The summed E-state index contributed by atoms with van der Waals surface area (Å²) in [7, 11) is -4.03. The molecule has 0 fully saturated rings. The zero-order chi connectivity index (χ0) is 15.2. The van der Waals surface area contributed by atoms with E-state index in [0.717, 1.165) is 10.3 Å². The van der Waals surface area contributed by atoms with Crippen molar-refractivity contribution in [1.82, 2.24) is 18.9 Å². The van der Waals surface area contributed by atoms with Crippen LogP contribution in [0.5, 0.6) is 0 Å². The topological polar surface area (TPSA) is 144 Å². The predicted molar refractivity (Wildman–Crippen MR) is 74.4 cm³/mol. The molecule has 10 heteroatoms. The zero-order valence-corrected chi connectivity index (χ0v) is 11.2. The first-order valence-electron chi connectivity index (χ1n) is 5.70. The van der Waals surface area contributed by atoms with Crippen LogP contribution in [0.25, 0.3) is 11.2 Å². The van der Waals surface area contributed by atoms with Gasteiger partial charge < -0.3 is 5.73 Å². The molecule has 0 radical (unpaired) electrons. The lowest BCUT2D eigenvalue weighted by atomic mass is 10.3. The summed E-state index contributed by atoms with van der Waals surface area (Å²) in [6.07, 6.45) is 0.953. The first kappa shape index (κ1) is 13.1. The second kappa shape index (κ2) is 4.31. The van der Waals surface area contributed by atoms with E-state index in [4.69, 9.17) is 5.73 Å². The third kappa shape index (κ3) is 2.01. The lowest BCUT2D eigenvalue weighted by Gasteiger charge is -2.06. The van der Waals surface area contributed by atoms with Crippen molar-refractivity contribution in [3.05, 3.63) is 51.4 Å². The molecule has 0 bridgehead atoms. The second-order valence-electron chi connectivity index (χ2n) is 4.22. The van der Waals surface area contributed by atoms with E-state index in [9.17, 15) is 18.0 Å². The summed E-state index contributed by atoms with van der Waals surface area (Å²) < 4.78 is 25.8. The van der Waals surface area contributed by atoms with Crippen molar-refractivity contribution in [2.45, 2.75) is 4.90 Å². The summed E-state index contributed by atoms with van der Waals surface area (Å²) in [5, 5.41) is 0. The molecule has 0 saturated carbocycles. The number of rotatable bonds is 2. The Bertz CT molecular complexity index is 1060. The van der Waals surface area contributed by atoms with Gasteiger partial charge in [0.1, 0.15) is 6.33 Å². The fourth-order valence-electron chi connectivity index (χ4n) is 1.89. The summed E-state index contributed by atoms with van der Waals surface area (Å²) in [5.41, 5.74) is 3.87. The Morgan fingerprint density at radius 3 is 2.67 bits per heavy atom. The highest BCUT2D eigenvalue weighted by Crippen LogP contribution is 2.18. The molecule has 3 aromatic rings. The lowest BCUT2D eigenvalue weighted by Crippen LogP contribution is -2.23. The van der Waals surface area contributed by atoms with Crippen LogP contribution in [-0.4, -0.2) is 27.3 Å². The van der Waals surface area contributed by atoms with E-state index < -0.39 is 21.3 Å². The van der Waals surface area contributed by atoms with Crippen LogP contribution < -0.4 is 17.0 Å². The van der Waals surface area contributed by atoms with Crippen molar-refractivity contribution in [2.75, 3.05) is 5.73 Å². The molecule has 3 rings (SSSR count). The van der Waals surface area contributed by atoms with Crippen molar-refractivity contribution < 1.29 is 8.42 Å². The number of nitrogens with zero attached hydrogens (tertiary/aromatic N) is 2. The van der Waals surface area contributed by atoms with Crippen molar-refractivity contribution in [1.29, 1.82) is 0 Å². The summed E-state index contributed by atoms with van der Waals surface area (Å²) in [6, 6.07) is 5.64. The number of aromatic amines is 2. The van der Waals surface area contributed by atoms with Gasteiger partial charge in [-0.2, -0.15) is 0 Å². The van der Waals surface area contributed by atoms with Gasteiger partial charge in [-0.25, -0.2) is 22.2 Å². The highest BCUT2D eigenvalue weighted by Gasteiger charge is 2.21. The van der Waals surface area contributed by atoms with E-state index >= 15 is 0 Å². The minimum absolute atomic E-state index is 0.0806. The Hall–Kier alpha value is -2.88. The number of anilines is 1. The van der Waals surface area contributed by atoms with Gasteiger partial charge in [-0.05, 0) is 18.2 Å². The molecular weight excluding hydrogens is 298 g/mol. The first-order valence-corrected chi connectivity index (χ1v) is 7.14. The van der Waals surface area contributed by atoms with Crippen LogP contribution in [0.4, 0.5) is 5.69 Å². The Balaban J connectivity index is 2.35. The fraction of sp³-hybridized carbons (Fsp3) is 0. The molecule has 9 nitrogen and oxygen atoms in total. The van der Waals surface area contributed by atoms with E-state index in [1.165, 1.54) is 24.3 Å². The number of hydrogen-bond donors (Lipinski definition) is 3. The van der Waals surface area contributed by atoms with E-state index in [2.05, 4.69) is 9.97 Å². The quantitative estimate of drug-likeness (QED) is 0.530. The van der Waals surface area contributed by atoms with Crippen LogP contribution in [0, 0.1) is 0 Å². The summed E-state index contributed by atoms with van der Waals surface area (Å²) in [4.78, 5) is 30.7. The number of H-pyrrole nitrogens is 2. The maximum atomic E-state index is 12.5. The normalized spacial score (nSPS) is 11.8. The molecule has 0 atom stereocenters. The molecule has 0 saturated heterocycles. The van der Waals surface area contributed by atoms with Crippen molar-refractivity contribution in [3.8, 4) is 0 Å². The number of benzene rings is 1. The monoisotopic (exact) mass is 307 g/mol. The van der Waals surface area contributed by atoms with E-state index in [1.807, 2.05) is 4.98 Å². The molecule has 2 aromatic heterocycles. The lowest BCUT2D eigenvalue weighted by molar-refractivity contribution is 0.588. The highest BCUT2D eigenvalue weighted by atomic mass is 32.2. The number of nitrogens with two attached hydrogens (primary N) is 1. The summed E-state index contributed by atoms with van der Waals surface area (Å²) in [5.74, 6) is 0. The third-order valence-electron chi connectivity index (χ3n) is 2.83. The van der Waals surface area contributed by atoms with E-state index in [1.54, 1.807) is 0 Å². The van der Waals surface area contributed by atoms with Gasteiger partial charge in [0.15, 0.2) is 11.2 Å². The van der Waals surface area contributed by atoms with Gasteiger partial charge in [0.05, 0.1) is 4.90 Å². The number of nitrogen functional groups attached to an aromatic ring is 1. The molecule has 0 spiro atoms. The Labute approximate surface area is 117 Å². The van der Waals surface area contributed by atoms with Crippen molar-refractivity contribution in [3.63, 3.8) is 0 Å². The number of aromatic nitrogens is 4.